The van der Waals surface area contributed by atoms with E-state index in [9.17, 15) is 0 Å². The van der Waals surface area contributed by atoms with Crippen LogP contribution in [-0.2, 0) is 4.74 Å². The second-order valence-corrected chi connectivity index (χ2v) is 4.18. The van der Waals surface area contributed by atoms with Gasteiger partial charge in [-0.25, -0.2) is 0 Å². The number of rotatable bonds is 7. The van der Waals surface area contributed by atoms with Gasteiger partial charge in [0, 0.05) is 13.2 Å². The van der Waals surface area contributed by atoms with E-state index >= 15 is 0 Å². The molecule has 1 aromatic rings. The van der Waals surface area contributed by atoms with Gasteiger partial charge in [0.1, 0.15) is 0 Å². The molecule has 90 valence electrons. The molecule has 0 amide bonds. The molecule has 0 bridgehead atoms. The Hall–Kier alpha value is -0.860. The zero-order valence-electron chi connectivity index (χ0n) is 10.4. The second-order valence-electron chi connectivity index (χ2n) is 4.18. The first-order chi connectivity index (χ1) is 7.77. The quantitative estimate of drug-likeness (QED) is 0.719. The number of benzene rings is 1. The van der Waals surface area contributed by atoms with Crippen LogP contribution in [0.15, 0.2) is 24.3 Å². The van der Waals surface area contributed by atoms with Crippen molar-refractivity contribution < 1.29 is 4.74 Å². The summed E-state index contributed by atoms with van der Waals surface area (Å²) in [6.45, 7) is 6.50. The molecule has 0 aliphatic rings. The lowest BCUT2D eigenvalue weighted by molar-refractivity contribution is 0.142. The Labute approximate surface area is 98.8 Å². The third-order valence-corrected chi connectivity index (χ3v) is 2.88. The van der Waals surface area contributed by atoms with Gasteiger partial charge in [-0.05, 0) is 44.7 Å². The highest BCUT2D eigenvalue weighted by Gasteiger charge is 2.08. The highest BCUT2D eigenvalue weighted by atomic mass is 16.5. The second kappa shape index (κ2) is 7.42. The average molecular weight is 221 g/mol. The lowest BCUT2D eigenvalue weighted by Gasteiger charge is -2.15. The molecular weight excluding hydrogens is 198 g/mol. The molecule has 1 aromatic carbocycles. The first kappa shape index (κ1) is 13.2. The van der Waals surface area contributed by atoms with Gasteiger partial charge in [-0.1, -0.05) is 29.8 Å². The summed E-state index contributed by atoms with van der Waals surface area (Å²) in [4.78, 5) is 0. The van der Waals surface area contributed by atoms with Crippen LogP contribution >= 0.6 is 0 Å². The summed E-state index contributed by atoms with van der Waals surface area (Å²) in [5, 5.41) is 0. The average Bonchev–Trinajstić information content (AvgIpc) is 2.31. The van der Waals surface area contributed by atoms with Gasteiger partial charge < -0.3 is 10.5 Å². The van der Waals surface area contributed by atoms with E-state index in [1.54, 1.807) is 0 Å². The van der Waals surface area contributed by atoms with Crippen molar-refractivity contribution in [3.8, 4) is 0 Å². The SMILES string of the molecule is CCOCCCC(CN)c1ccc(C)cc1. The van der Waals surface area contributed by atoms with E-state index < -0.39 is 0 Å². The number of hydrogen-bond acceptors (Lipinski definition) is 2. The minimum Gasteiger partial charge on any atom is -0.382 e. The lowest BCUT2D eigenvalue weighted by atomic mass is 9.94. The first-order valence-corrected chi connectivity index (χ1v) is 6.12. The van der Waals surface area contributed by atoms with Crippen molar-refractivity contribution >= 4 is 0 Å². The molecule has 16 heavy (non-hydrogen) atoms. The summed E-state index contributed by atoms with van der Waals surface area (Å²) in [5.74, 6) is 0.473. The molecule has 0 aliphatic heterocycles. The number of nitrogens with two attached hydrogens (primary N) is 1. The number of aryl methyl sites for hydroxylation is 1. The number of ether oxygens (including phenoxy) is 1. The van der Waals surface area contributed by atoms with Crippen LogP contribution in [0.25, 0.3) is 0 Å². The molecule has 0 fully saturated rings. The maximum atomic E-state index is 5.82. The van der Waals surface area contributed by atoms with Crippen molar-refractivity contribution in [2.75, 3.05) is 19.8 Å². The van der Waals surface area contributed by atoms with E-state index in [0.717, 1.165) is 32.6 Å². The first-order valence-electron chi connectivity index (χ1n) is 6.12. The van der Waals surface area contributed by atoms with E-state index in [-0.39, 0.29) is 0 Å². The third-order valence-electron chi connectivity index (χ3n) is 2.88. The van der Waals surface area contributed by atoms with Crippen LogP contribution in [0.3, 0.4) is 0 Å². The Balaban J connectivity index is 2.44. The minimum atomic E-state index is 0.473. The molecular formula is C14H23NO. The molecule has 1 atom stereocenters. The molecule has 0 aliphatic carbocycles. The molecule has 2 heteroatoms. The normalized spacial score (nSPS) is 12.7. The van der Waals surface area contributed by atoms with Crippen LogP contribution in [0, 0.1) is 6.92 Å². The van der Waals surface area contributed by atoms with E-state index in [1.165, 1.54) is 11.1 Å². The Morgan fingerprint density at radius 3 is 2.50 bits per heavy atom. The van der Waals surface area contributed by atoms with E-state index in [2.05, 4.69) is 31.2 Å². The zero-order valence-corrected chi connectivity index (χ0v) is 10.4. The fraction of sp³-hybridized carbons (Fsp3) is 0.571. The summed E-state index contributed by atoms with van der Waals surface area (Å²) in [7, 11) is 0. The van der Waals surface area contributed by atoms with Crippen molar-refractivity contribution in [1.29, 1.82) is 0 Å². The molecule has 0 aromatic heterocycles. The summed E-state index contributed by atoms with van der Waals surface area (Å²) in [5.41, 5.74) is 8.47. The van der Waals surface area contributed by atoms with Gasteiger partial charge in [-0.3, -0.25) is 0 Å². The van der Waals surface area contributed by atoms with E-state index in [0.29, 0.717) is 5.92 Å². The summed E-state index contributed by atoms with van der Waals surface area (Å²) >= 11 is 0. The van der Waals surface area contributed by atoms with Gasteiger partial charge in [-0.15, -0.1) is 0 Å². The molecule has 2 nitrogen and oxygen atoms in total. The summed E-state index contributed by atoms with van der Waals surface area (Å²) in [6, 6.07) is 8.68. The van der Waals surface area contributed by atoms with Crippen LogP contribution in [-0.4, -0.2) is 19.8 Å². The summed E-state index contributed by atoms with van der Waals surface area (Å²) in [6.07, 6.45) is 2.20. The van der Waals surface area contributed by atoms with Crippen LogP contribution in [0.1, 0.15) is 36.8 Å². The van der Waals surface area contributed by atoms with Gasteiger partial charge in [0.25, 0.3) is 0 Å². The van der Waals surface area contributed by atoms with Crippen LogP contribution in [0.2, 0.25) is 0 Å². The predicted molar refractivity (Wildman–Crippen MR) is 68.7 cm³/mol. The standard InChI is InChI=1S/C14H23NO/c1-3-16-10-4-5-14(11-15)13-8-6-12(2)7-9-13/h6-9,14H,3-5,10-11,15H2,1-2H3. The van der Waals surface area contributed by atoms with Gasteiger partial charge >= 0.3 is 0 Å². The Bertz CT molecular complexity index is 281. The highest BCUT2D eigenvalue weighted by molar-refractivity contribution is 5.24. The molecule has 0 saturated carbocycles. The third kappa shape index (κ3) is 4.33. The van der Waals surface area contributed by atoms with Gasteiger partial charge in [0.15, 0.2) is 0 Å². The molecule has 1 unspecified atom stereocenters. The minimum absolute atomic E-state index is 0.473. The lowest BCUT2D eigenvalue weighted by Crippen LogP contribution is -2.13. The molecule has 2 N–H and O–H groups in total. The molecule has 0 heterocycles. The number of hydrogen-bond donors (Lipinski definition) is 1. The van der Waals surface area contributed by atoms with Crippen molar-refractivity contribution in [3.63, 3.8) is 0 Å². The molecule has 0 saturated heterocycles. The Morgan fingerprint density at radius 1 is 1.25 bits per heavy atom. The molecule has 1 rings (SSSR count). The van der Waals surface area contributed by atoms with Crippen molar-refractivity contribution in [3.05, 3.63) is 35.4 Å². The maximum absolute atomic E-state index is 5.82. The maximum Gasteiger partial charge on any atom is 0.0466 e. The smallest absolute Gasteiger partial charge is 0.0466 e. The van der Waals surface area contributed by atoms with Gasteiger partial charge in [0.2, 0.25) is 0 Å². The monoisotopic (exact) mass is 221 g/mol. The largest absolute Gasteiger partial charge is 0.382 e. The van der Waals surface area contributed by atoms with E-state index in [1.807, 2.05) is 6.92 Å². The zero-order chi connectivity index (χ0) is 11.8. The van der Waals surface area contributed by atoms with Crippen LogP contribution < -0.4 is 5.73 Å². The topological polar surface area (TPSA) is 35.2 Å². The Morgan fingerprint density at radius 2 is 1.94 bits per heavy atom. The fourth-order valence-corrected chi connectivity index (χ4v) is 1.84. The Kier molecular flexibility index (Phi) is 6.12. The highest BCUT2D eigenvalue weighted by Crippen LogP contribution is 2.20. The van der Waals surface area contributed by atoms with E-state index in [4.69, 9.17) is 10.5 Å². The van der Waals surface area contributed by atoms with Crippen LogP contribution in [0.5, 0.6) is 0 Å². The van der Waals surface area contributed by atoms with Gasteiger partial charge in [0.05, 0.1) is 0 Å². The van der Waals surface area contributed by atoms with Crippen LogP contribution in [0.4, 0.5) is 0 Å². The summed E-state index contributed by atoms with van der Waals surface area (Å²) < 4.78 is 5.34. The molecule has 0 spiro atoms. The van der Waals surface area contributed by atoms with Crippen molar-refractivity contribution in [1.82, 2.24) is 0 Å². The van der Waals surface area contributed by atoms with Gasteiger partial charge in [-0.2, -0.15) is 0 Å². The fourth-order valence-electron chi connectivity index (χ4n) is 1.84. The predicted octanol–water partition coefficient (Wildman–Crippen LogP) is 2.85. The van der Waals surface area contributed by atoms with Crippen molar-refractivity contribution in [2.45, 2.75) is 32.6 Å². The molecule has 0 radical (unpaired) electrons. The van der Waals surface area contributed by atoms with Crippen molar-refractivity contribution in [2.24, 2.45) is 5.73 Å².